The van der Waals surface area contributed by atoms with Crippen molar-refractivity contribution in [2.24, 2.45) is 5.92 Å². The zero-order valence-electron chi connectivity index (χ0n) is 15.8. The summed E-state index contributed by atoms with van der Waals surface area (Å²) < 4.78 is 7.36. The first-order valence-electron chi connectivity index (χ1n) is 9.61. The number of nitrogens with one attached hydrogen (secondary N) is 1. The van der Waals surface area contributed by atoms with Gasteiger partial charge in [0.1, 0.15) is 12.4 Å². The maximum Gasteiger partial charge on any atom is 0.259 e. The topological polar surface area (TPSA) is 72.7 Å². The molecule has 3 aromatic rings. The maximum absolute atomic E-state index is 12.3. The first-order valence-corrected chi connectivity index (χ1v) is 10.5. The van der Waals surface area contributed by atoms with E-state index in [2.05, 4.69) is 10.3 Å². The summed E-state index contributed by atoms with van der Waals surface area (Å²) in [4.78, 5) is 29.7. The molecule has 0 bridgehead atoms. The molecule has 28 heavy (non-hydrogen) atoms. The summed E-state index contributed by atoms with van der Waals surface area (Å²) in [7, 11) is 0. The molecular formula is C21H23N3O3S. The fourth-order valence-corrected chi connectivity index (χ4v) is 4.47. The van der Waals surface area contributed by atoms with Crippen LogP contribution in [0.4, 0.5) is 5.69 Å². The lowest BCUT2D eigenvalue weighted by molar-refractivity contribution is -0.120. The van der Waals surface area contributed by atoms with Crippen LogP contribution in [0.25, 0.3) is 4.96 Å². The molecule has 0 spiro atoms. The van der Waals surface area contributed by atoms with Crippen molar-refractivity contribution in [3.63, 3.8) is 0 Å². The second-order valence-electron chi connectivity index (χ2n) is 7.22. The van der Waals surface area contributed by atoms with Crippen LogP contribution in [0, 0.1) is 12.8 Å². The van der Waals surface area contributed by atoms with Gasteiger partial charge in [-0.15, -0.1) is 11.3 Å². The number of carbonyl (C=O) groups is 1. The lowest BCUT2D eigenvalue weighted by Gasteiger charge is -2.20. The Hall–Kier alpha value is -2.67. The Bertz CT molecular complexity index is 1030. The number of anilines is 1. The Kier molecular flexibility index (Phi) is 5.43. The number of nitrogens with zero attached hydrogens (tertiary/aromatic N) is 2. The van der Waals surface area contributed by atoms with E-state index in [1.54, 1.807) is 4.40 Å². The van der Waals surface area contributed by atoms with Gasteiger partial charge in [-0.3, -0.25) is 14.0 Å². The molecule has 1 aromatic carbocycles. The van der Waals surface area contributed by atoms with Gasteiger partial charge in [-0.2, -0.15) is 0 Å². The summed E-state index contributed by atoms with van der Waals surface area (Å²) in [6.07, 6.45) is 5.47. The molecule has 0 aliphatic heterocycles. The average molecular weight is 398 g/mol. The number of thiazole rings is 1. The highest BCUT2D eigenvalue weighted by atomic mass is 32.1. The molecule has 0 saturated heterocycles. The zero-order chi connectivity index (χ0) is 19.5. The minimum absolute atomic E-state index is 0.0943. The maximum atomic E-state index is 12.3. The van der Waals surface area contributed by atoms with E-state index in [9.17, 15) is 9.59 Å². The number of hydrogen-bond acceptors (Lipinski definition) is 5. The number of amides is 1. The number of aromatic nitrogens is 2. The Labute approximate surface area is 167 Å². The van der Waals surface area contributed by atoms with E-state index in [1.807, 2.05) is 36.6 Å². The quantitative estimate of drug-likeness (QED) is 0.702. The number of aryl methyl sites for hydroxylation is 1. The summed E-state index contributed by atoms with van der Waals surface area (Å²) in [6, 6.07) is 8.81. The Morgan fingerprint density at radius 2 is 2.00 bits per heavy atom. The van der Waals surface area contributed by atoms with Gasteiger partial charge in [0, 0.05) is 28.7 Å². The molecule has 7 heteroatoms. The van der Waals surface area contributed by atoms with Crippen LogP contribution >= 0.6 is 11.3 Å². The standard InChI is InChI=1S/C21H23N3O3S/c1-14-13-28-21-23-17(11-19(25)24(14)21)12-27-18-9-7-16(8-10-18)22-20(26)15-5-3-2-4-6-15/h7-11,13,15H,2-6,12H2,1H3,(H,22,26). The Balaban J connectivity index is 1.37. The van der Waals surface area contributed by atoms with Gasteiger partial charge in [0.05, 0.1) is 5.69 Å². The largest absolute Gasteiger partial charge is 0.487 e. The molecular weight excluding hydrogens is 374 g/mol. The molecule has 2 aromatic heterocycles. The lowest BCUT2D eigenvalue weighted by atomic mass is 9.88. The highest BCUT2D eigenvalue weighted by molar-refractivity contribution is 7.15. The van der Waals surface area contributed by atoms with Gasteiger partial charge in [0.15, 0.2) is 4.96 Å². The van der Waals surface area contributed by atoms with Crippen molar-refractivity contribution < 1.29 is 9.53 Å². The first-order chi connectivity index (χ1) is 13.6. The predicted molar refractivity (Wildman–Crippen MR) is 110 cm³/mol. The Morgan fingerprint density at radius 3 is 2.75 bits per heavy atom. The van der Waals surface area contributed by atoms with Crippen LogP contribution in [-0.4, -0.2) is 15.3 Å². The van der Waals surface area contributed by atoms with Crippen molar-refractivity contribution in [3.8, 4) is 5.75 Å². The summed E-state index contributed by atoms with van der Waals surface area (Å²) in [5.74, 6) is 0.906. The average Bonchev–Trinajstić information content (AvgIpc) is 3.09. The van der Waals surface area contributed by atoms with Gasteiger partial charge in [0.2, 0.25) is 5.91 Å². The summed E-state index contributed by atoms with van der Waals surface area (Å²) in [5, 5.41) is 4.90. The van der Waals surface area contributed by atoms with E-state index in [4.69, 9.17) is 4.74 Å². The van der Waals surface area contributed by atoms with E-state index in [-0.39, 0.29) is 24.0 Å². The van der Waals surface area contributed by atoms with E-state index >= 15 is 0 Å². The summed E-state index contributed by atoms with van der Waals surface area (Å²) >= 11 is 1.44. The van der Waals surface area contributed by atoms with Crippen LogP contribution in [0.3, 0.4) is 0 Å². The van der Waals surface area contributed by atoms with E-state index < -0.39 is 0 Å². The third-order valence-electron chi connectivity index (χ3n) is 5.11. The van der Waals surface area contributed by atoms with Crippen molar-refractivity contribution in [1.29, 1.82) is 0 Å². The second-order valence-corrected chi connectivity index (χ2v) is 8.05. The van der Waals surface area contributed by atoms with Gasteiger partial charge >= 0.3 is 0 Å². The van der Waals surface area contributed by atoms with E-state index in [0.29, 0.717) is 16.4 Å². The highest BCUT2D eigenvalue weighted by Gasteiger charge is 2.20. The minimum atomic E-state index is -0.0943. The van der Waals surface area contributed by atoms with Gasteiger partial charge in [-0.25, -0.2) is 4.98 Å². The molecule has 1 aliphatic rings. The van der Waals surface area contributed by atoms with Crippen LogP contribution < -0.4 is 15.6 Å². The van der Waals surface area contributed by atoms with Crippen molar-refractivity contribution in [3.05, 3.63) is 57.5 Å². The van der Waals surface area contributed by atoms with Gasteiger partial charge in [-0.1, -0.05) is 19.3 Å². The molecule has 1 fully saturated rings. The van der Waals surface area contributed by atoms with Gasteiger partial charge < -0.3 is 10.1 Å². The van der Waals surface area contributed by atoms with Crippen LogP contribution in [0.5, 0.6) is 5.75 Å². The molecule has 1 saturated carbocycles. The summed E-state index contributed by atoms with van der Waals surface area (Å²) in [5.41, 5.74) is 2.16. The Morgan fingerprint density at radius 1 is 1.25 bits per heavy atom. The number of carbonyl (C=O) groups excluding carboxylic acids is 1. The summed E-state index contributed by atoms with van der Waals surface area (Å²) in [6.45, 7) is 2.10. The van der Waals surface area contributed by atoms with Crippen LogP contribution in [0.1, 0.15) is 43.5 Å². The van der Waals surface area contributed by atoms with Crippen molar-refractivity contribution in [1.82, 2.24) is 9.38 Å². The lowest BCUT2D eigenvalue weighted by Crippen LogP contribution is -2.24. The molecule has 0 unspecified atom stereocenters. The van der Waals surface area contributed by atoms with E-state index in [0.717, 1.165) is 37.1 Å². The molecule has 2 heterocycles. The molecule has 1 N–H and O–H groups in total. The molecule has 0 radical (unpaired) electrons. The number of hydrogen-bond donors (Lipinski definition) is 1. The SMILES string of the molecule is Cc1csc2nc(COc3ccc(NC(=O)C4CCCCC4)cc3)cc(=O)n12. The first kappa shape index (κ1) is 18.7. The number of benzene rings is 1. The molecule has 146 valence electrons. The predicted octanol–water partition coefficient (Wildman–Crippen LogP) is 4.16. The van der Waals surface area contributed by atoms with Crippen molar-refractivity contribution in [2.45, 2.75) is 45.6 Å². The minimum Gasteiger partial charge on any atom is -0.487 e. The molecule has 1 aliphatic carbocycles. The monoisotopic (exact) mass is 397 g/mol. The number of ether oxygens (including phenoxy) is 1. The third kappa shape index (κ3) is 4.09. The van der Waals surface area contributed by atoms with Gasteiger partial charge in [-0.05, 0) is 44.0 Å². The van der Waals surface area contributed by atoms with Crippen molar-refractivity contribution >= 4 is 27.9 Å². The highest BCUT2D eigenvalue weighted by Crippen LogP contribution is 2.25. The zero-order valence-corrected chi connectivity index (χ0v) is 16.6. The second kappa shape index (κ2) is 8.14. The number of fused-ring (bicyclic) bond motifs is 1. The van der Waals surface area contributed by atoms with Crippen molar-refractivity contribution in [2.75, 3.05) is 5.32 Å². The van der Waals surface area contributed by atoms with Gasteiger partial charge in [0.25, 0.3) is 5.56 Å². The molecule has 4 rings (SSSR count). The fraction of sp³-hybridized carbons (Fsp3) is 0.381. The smallest absolute Gasteiger partial charge is 0.259 e. The normalized spacial score (nSPS) is 14.9. The molecule has 1 amide bonds. The third-order valence-corrected chi connectivity index (χ3v) is 6.06. The van der Waals surface area contributed by atoms with Crippen LogP contribution in [0.2, 0.25) is 0 Å². The van der Waals surface area contributed by atoms with Crippen LogP contribution in [0.15, 0.2) is 40.5 Å². The fourth-order valence-electron chi connectivity index (χ4n) is 3.58. The van der Waals surface area contributed by atoms with Crippen LogP contribution in [-0.2, 0) is 11.4 Å². The molecule has 0 atom stereocenters. The molecule has 6 nitrogen and oxygen atoms in total. The number of rotatable bonds is 5. The van der Waals surface area contributed by atoms with E-state index in [1.165, 1.54) is 23.8 Å².